The topological polar surface area (TPSA) is 49.8 Å². The van der Waals surface area contributed by atoms with E-state index in [0.717, 1.165) is 6.07 Å². The van der Waals surface area contributed by atoms with Crippen LogP contribution in [0.4, 0.5) is 9.18 Å². The zero-order valence-electron chi connectivity index (χ0n) is 12.6. The fourth-order valence-corrected chi connectivity index (χ4v) is 2.92. The minimum Gasteiger partial charge on any atom is -0.444 e. The van der Waals surface area contributed by atoms with Crippen molar-refractivity contribution in [2.45, 2.75) is 38.4 Å². The lowest BCUT2D eigenvalue weighted by Gasteiger charge is -2.27. The maximum Gasteiger partial charge on any atom is 0.410 e. The molecule has 4 nitrogen and oxygen atoms in total. The van der Waals surface area contributed by atoms with Gasteiger partial charge >= 0.3 is 6.09 Å². The molecule has 0 spiro atoms. The van der Waals surface area contributed by atoms with Crippen molar-refractivity contribution in [1.82, 2.24) is 4.90 Å². The van der Waals surface area contributed by atoms with Gasteiger partial charge in [0.2, 0.25) is 0 Å². The molecule has 1 aliphatic rings. The summed E-state index contributed by atoms with van der Waals surface area (Å²) in [7, 11) is 0. The first-order valence-electron chi connectivity index (χ1n) is 6.88. The van der Waals surface area contributed by atoms with Crippen LogP contribution in [0.3, 0.4) is 0 Å². The minimum absolute atomic E-state index is 0.0322. The highest BCUT2D eigenvalue weighted by atomic mass is 35.5. The number of ether oxygens (including phenoxy) is 1. The summed E-state index contributed by atoms with van der Waals surface area (Å²) in [5, 5.41) is 10.9. The normalized spacial score (nSPS) is 22.0. The van der Waals surface area contributed by atoms with Crippen molar-refractivity contribution in [2.75, 3.05) is 13.1 Å². The first kappa shape index (κ1) is 17.3. The van der Waals surface area contributed by atoms with Gasteiger partial charge < -0.3 is 14.7 Å². The molecular weight excluding hydrogens is 332 g/mol. The Balaban J connectivity index is 2.25. The van der Waals surface area contributed by atoms with Crippen LogP contribution in [0.5, 0.6) is 0 Å². The molecule has 0 radical (unpaired) electrons. The van der Waals surface area contributed by atoms with Gasteiger partial charge in [0, 0.05) is 12.1 Å². The molecule has 122 valence electrons. The molecule has 1 amide bonds. The second kappa shape index (κ2) is 5.87. The molecule has 1 atom stereocenters. The number of hydrogen-bond acceptors (Lipinski definition) is 3. The third-order valence-electron chi connectivity index (χ3n) is 3.41. The van der Waals surface area contributed by atoms with Crippen LogP contribution in [0.1, 0.15) is 32.8 Å². The van der Waals surface area contributed by atoms with Gasteiger partial charge in [0.05, 0.1) is 16.6 Å². The Labute approximate surface area is 138 Å². The predicted molar refractivity (Wildman–Crippen MR) is 82.7 cm³/mol. The summed E-state index contributed by atoms with van der Waals surface area (Å²) in [4.78, 5) is 13.4. The Kier molecular flexibility index (Phi) is 4.62. The van der Waals surface area contributed by atoms with E-state index in [0.29, 0.717) is 0 Å². The molecule has 2 rings (SSSR count). The first-order valence-corrected chi connectivity index (χ1v) is 7.63. The molecule has 0 saturated carbocycles. The number of aliphatic hydroxyl groups is 1. The summed E-state index contributed by atoms with van der Waals surface area (Å²) in [6, 6.07) is 2.48. The van der Waals surface area contributed by atoms with E-state index in [2.05, 4.69) is 0 Å². The Morgan fingerprint density at radius 2 is 2.05 bits per heavy atom. The Morgan fingerprint density at radius 1 is 1.41 bits per heavy atom. The lowest BCUT2D eigenvalue weighted by atomic mass is 9.92. The molecule has 1 saturated heterocycles. The number of halogens is 3. The number of carbonyl (C=O) groups is 1. The van der Waals surface area contributed by atoms with Crippen molar-refractivity contribution >= 4 is 29.3 Å². The summed E-state index contributed by atoms with van der Waals surface area (Å²) in [5.74, 6) is -0.650. The van der Waals surface area contributed by atoms with Gasteiger partial charge in [-0.2, -0.15) is 0 Å². The van der Waals surface area contributed by atoms with Crippen LogP contribution >= 0.6 is 23.2 Å². The van der Waals surface area contributed by atoms with E-state index in [1.165, 1.54) is 11.0 Å². The van der Waals surface area contributed by atoms with Crippen LogP contribution in [0.2, 0.25) is 10.0 Å². The molecule has 1 N–H and O–H groups in total. The number of benzene rings is 1. The molecule has 7 heteroatoms. The third-order valence-corrected chi connectivity index (χ3v) is 4.21. The van der Waals surface area contributed by atoms with E-state index in [-0.39, 0.29) is 35.1 Å². The average Bonchev–Trinajstić information content (AvgIpc) is 2.76. The first-order chi connectivity index (χ1) is 10.0. The van der Waals surface area contributed by atoms with Crippen LogP contribution < -0.4 is 0 Å². The Morgan fingerprint density at radius 3 is 2.64 bits per heavy atom. The van der Waals surface area contributed by atoms with Crippen molar-refractivity contribution in [3.8, 4) is 0 Å². The molecule has 1 aromatic rings. The maximum absolute atomic E-state index is 14.1. The molecule has 0 aliphatic carbocycles. The smallest absolute Gasteiger partial charge is 0.410 e. The van der Waals surface area contributed by atoms with Gasteiger partial charge in [0.1, 0.15) is 17.0 Å². The number of hydrogen-bond donors (Lipinski definition) is 1. The summed E-state index contributed by atoms with van der Waals surface area (Å²) < 4.78 is 19.3. The highest BCUT2D eigenvalue weighted by molar-refractivity contribution is 6.42. The summed E-state index contributed by atoms with van der Waals surface area (Å²) in [6.45, 7) is 5.40. The van der Waals surface area contributed by atoms with Crippen molar-refractivity contribution < 1.29 is 19.0 Å². The second-order valence-corrected chi connectivity index (χ2v) is 7.19. The van der Waals surface area contributed by atoms with Crippen molar-refractivity contribution in [3.05, 3.63) is 33.6 Å². The fraction of sp³-hybridized carbons (Fsp3) is 0.533. The highest BCUT2D eigenvalue weighted by Crippen LogP contribution is 2.40. The van der Waals surface area contributed by atoms with Gasteiger partial charge in [0.15, 0.2) is 0 Å². The molecule has 1 fully saturated rings. The maximum atomic E-state index is 14.1. The molecule has 1 aromatic carbocycles. The van der Waals surface area contributed by atoms with Gasteiger partial charge in [-0.25, -0.2) is 9.18 Å². The zero-order valence-corrected chi connectivity index (χ0v) is 14.1. The zero-order chi connectivity index (χ0) is 16.7. The molecule has 1 heterocycles. The van der Waals surface area contributed by atoms with Crippen molar-refractivity contribution in [1.29, 1.82) is 0 Å². The summed E-state index contributed by atoms with van der Waals surface area (Å²) >= 11 is 11.9. The number of carbonyl (C=O) groups excluding carboxylic acids is 1. The molecule has 0 bridgehead atoms. The lowest BCUT2D eigenvalue weighted by molar-refractivity contribution is 0.0129. The predicted octanol–water partition coefficient (Wildman–Crippen LogP) is 3.96. The van der Waals surface area contributed by atoms with Crippen LogP contribution in [0.15, 0.2) is 12.1 Å². The second-order valence-electron chi connectivity index (χ2n) is 6.40. The monoisotopic (exact) mass is 349 g/mol. The highest BCUT2D eigenvalue weighted by Gasteiger charge is 2.44. The number of nitrogens with zero attached hydrogens (tertiary/aromatic N) is 1. The van der Waals surface area contributed by atoms with Crippen molar-refractivity contribution in [2.24, 2.45) is 0 Å². The van der Waals surface area contributed by atoms with E-state index in [4.69, 9.17) is 27.9 Å². The molecule has 22 heavy (non-hydrogen) atoms. The van der Waals surface area contributed by atoms with Gasteiger partial charge in [-0.05, 0) is 39.3 Å². The van der Waals surface area contributed by atoms with Crippen LogP contribution in [-0.2, 0) is 10.3 Å². The standard InChI is InChI=1S/C15H18Cl2FNO3/c1-14(2,3)22-13(20)19-7-6-15(21,8-19)11-10(18)5-4-9(16)12(11)17/h4-5,21H,6-8H2,1-3H3. The Hall–Kier alpha value is -1.04. The summed E-state index contributed by atoms with van der Waals surface area (Å²) in [6.07, 6.45) is -0.398. The molecule has 0 aromatic heterocycles. The van der Waals surface area contributed by atoms with Gasteiger partial charge in [-0.15, -0.1) is 0 Å². The quantitative estimate of drug-likeness (QED) is 0.780. The van der Waals surface area contributed by atoms with Crippen LogP contribution in [0, 0.1) is 5.82 Å². The van der Waals surface area contributed by atoms with E-state index < -0.39 is 23.1 Å². The van der Waals surface area contributed by atoms with Crippen LogP contribution in [0.25, 0.3) is 0 Å². The third kappa shape index (κ3) is 3.47. The number of likely N-dealkylation sites (tertiary alicyclic amines) is 1. The minimum atomic E-state index is -1.58. The van der Waals surface area contributed by atoms with Crippen LogP contribution in [-0.4, -0.2) is 34.8 Å². The van der Waals surface area contributed by atoms with Gasteiger partial charge in [0.25, 0.3) is 0 Å². The average molecular weight is 350 g/mol. The Bertz CT molecular complexity index is 603. The van der Waals surface area contributed by atoms with E-state index in [1.807, 2.05) is 0 Å². The van der Waals surface area contributed by atoms with E-state index in [1.54, 1.807) is 20.8 Å². The largest absolute Gasteiger partial charge is 0.444 e. The van der Waals surface area contributed by atoms with E-state index >= 15 is 0 Å². The molecular formula is C15H18Cl2FNO3. The van der Waals surface area contributed by atoms with E-state index in [9.17, 15) is 14.3 Å². The molecule has 1 unspecified atom stereocenters. The molecule has 1 aliphatic heterocycles. The van der Waals surface area contributed by atoms with Gasteiger partial charge in [-0.3, -0.25) is 0 Å². The SMILES string of the molecule is CC(C)(C)OC(=O)N1CCC(O)(c2c(F)ccc(Cl)c2Cl)C1. The van der Waals surface area contributed by atoms with Crippen molar-refractivity contribution in [3.63, 3.8) is 0 Å². The number of amides is 1. The lowest BCUT2D eigenvalue weighted by Crippen LogP contribution is -2.38. The summed E-state index contributed by atoms with van der Waals surface area (Å²) in [5.41, 5.74) is -2.30. The fourth-order valence-electron chi connectivity index (χ4n) is 2.43. The number of rotatable bonds is 1. The number of β-amino-alcohol motifs (C(OH)–C–C–N with tert-alkyl or cyclic N) is 1. The van der Waals surface area contributed by atoms with Gasteiger partial charge in [-0.1, -0.05) is 23.2 Å².